The third-order valence-electron chi connectivity index (χ3n) is 3.86. The van der Waals surface area contributed by atoms with E-state index in [9.17, 15) is 9.59 Å². The van der Waals surface area contributed by atoms with E-state index < -0.39 is 0 Å². The van der Waals surface area contributed by atoms with Gasteiger partial charge in [0.1, 0.15) is 5.78 Å². The second kappa shape index (κ2) is 5.03. The molecule has 0 spiro atoms. The zero-order valence-electron chi connectivity index (χ0n) is 11.3. The molecule has 3 heterocycles. The molecule has 20 heavy (non-hydrogen) atoms. The molecule has 3 rings (SSSR count). The fraction of sp³-hybridized carbons (Fsp3) is 0.429. The van der Waals surface area contributed by atoms with Crippen molar-refractivity contribution in [3.8, 4) is 0 Å². The maximum Gasteiger partial charge on any atom is 0.257 e. The standard InChI is InChI=1S/C14H16N4O2/c1-2-10-9-17(5-3-13(10)19)14(20)11-7-16-18-6-4-15-8-12(11)18/h4,6-8,10H,2-3,5,9H2,1H3. The van der Waals surface area contributed by atoms with Crippen LogP contribution in [0.5, 0.6) is 0 Å². The van der Waals surface area contributed by atoms with Crippen molar-refractivity contribution in [3.05, 3.63) is 30.4 Å². The van der Waals surface area contributed by atoms with E-state index in [2.05, 4.69) is 10.1 Å². The molecule has 0 radical (unpaired) electrons. The Morgan fingerprint density at radius 3 is 3.10 bits per heavy atom. The van der Waals surface area contributed by atoms with E-state index in [0.717, 1.165) is 6.42 Å². The highest BCUT2D eigenvalue weighted by molar-refractivity contribution is 6.01. The van der Waals surface area contributed by atoms with Crippen molar-refractivity contribution < 1.29 is 9.59 Å². The Hall–Kier alpha value is -2.24. The van der Waals surface area contributed by atoms with Gasteiger partial charge < -0.3 is 4.90 Å². The van der Waals surface area contributed by atoms with Gasteiger partial charge in [0.15, 0.2) is 0 Å². The lowest BCUT2D eigenvalue weighted by Gasteiger charge is -2.31. The first-order valence-corrected chi connectivity index (χ1v) is 6.80. The molecule has 1 unspecified atom stereocenters. The number of Topliss-reactive ketones (excluding diaryl/α,β-unsaturated/α-hetero) is 1. The predicted octanol–water partition coefficient (Wildman–Crippen LogP) is 1.17. The minimum absolute atomic E-state index is 0.0346. The summed E-state index contributed by atoms with van der Waals surface area (Å²) in [7, 11) is 0. The largest absolute Gasteiger partial charge is 0.337 e. The zero-order chi connectivity index (χ0) is 14.1. The zero-order valence-corrected chi connectivity index (χ0v) is 11.3. The Morgan fingerprint density at radius 1 is 1.45 bits per heavy atom. The van der Waals surface area contributed by atoms with Crippen LogP contribution in [0.2, 0.25) is 0 Å². The van der Waals surface area contributed by atoms with Gasteiger partial charge >= 0.3 is 0 Å². The Bertz CT molecular complexity index is 664. The molecule has 1 fully saturated rings. The van der Waals surface area contributed by atoms with Crippen molar-refractivity contribution in [1.82, 2.24) is 19.5 Å². The molecule has 6 heteroatoms. The van der Waals surface area contributed by atoms with Gasteiger partial charge in [-0.25, -0.2) is 4.52 Å². The van der Waals surface area contributed by atoms with Crippen molar-refractivity contribution in [2.75, 3.05) is 13.1 Å². The molecule has 2 aromatic heterocycles. The van der Waals surface area contributed by atoms with Crippen LogP contribution in [-0.2, 0) is 4.79 Å². The maximum absolute atomic E-state index is 12.6. The van der Waals surface area contributed by atoms with E-state index in [1.807, 2.05) is 6.92 Å². The number of amides is 1. The molecule has 1 atom stereocenters. The molecule has 1 saturated heterocycles. The van der Waals surface area contributed by atoms with E-state index in [0.29, 0.717) is 30.6 Å². The van der Waals surface area contributed by atoms with Crippen LogP contribution in [0.4, 0.5) is 0 Å². The van der Waals surface area contributed by atoms with Crippen molar-refractivity contribution in [2.45, 2.75) is 19.8 Å². The highest BCUT2D eigenvalue weighted by Gasteiger charge is 2.30. The number of rotatable bonds is 2. The van der Waals surface area contributed by atoms with E-state index in [4.69, 9.17) is 0 Å². The number of ketones is 1. The van der Waals surface area contributed by atoms with Crippen LogP contribution in [0, 0.1) is 5.92 Å². The summed E-state index contributed by atoms with van der Waals surface area (Å²) < 4.78 is 1.63. The molecule has 1 aliphatic rings. The summed E-state index contributed by atoms with van der Waals surface area (Å²) in [6.45, 7) is 2.98. The third-order valence-corrected chi connectivity index (χ3v) is 3.86. The third kappa shape index (κ3) is 2.07. The highest BCUT2D eigenvalue weighted by Crippen LogP contribution is 2.19. The van der Waals surface area contributed by atoms with E-state index >= 15 is 0 Å². The second-order valence-corrected chi connectivity index (χ2v) is 5.04. The molecule has 0 aliphatic carbocycles. The second-order valence-electron chi connectivity index (χ2n) is 5.04. The molecule has 6 nitrogen and oxygen atoms in total. The highest BCUT2D eigenvalue weighted by atomic mass is 16.2. The van der Waals surface area contributed by atoms with Gasteiger partial charge in [-0.2, -0.15) is 5.10 Å². The molecule has 2 aromatic rings. The van der Waals surface area contributed by atoms with Gasteiger partial charge in [-0.1, -0.05) is 6.92 Å². The average molecular weight is 272 g/mol. The molecule has 1 amide bonds. The lowest BCUT2D eigenvalue weighted by molar-refractivity contribution is -0.125. The molecule has 0 saturated carbocycles. The van der Waals surface area contributed by atoms with Crippen molar-refractivity contribution >= 4 is 17.2 Å². The molecule has 1 aliphatic heterocycles. The van der Waals surface area contributed by atoms with Gasteiger partial charge in [0.2, 0.25) is 0 Å². The summed E-state index contributed by atoms with van der Waals surface area (Å²) in [4.78, 5) is 30.1. The van der Waals surface area contributed by atoms with E-state index in [-0.39, 0.29) is 17.6 Å². The molecular formula is C14H16N4O2. The fourth-order valence-electron chi connectivity index (χ4n) is 2.62. The van der Waals surface area contributed by atoms with Gasteiger partial charge in [-0.05, 0) is 6.42 Å². The number of fused-ring (bicyclic) bond motifs is 1. The number of aromatic nitrogens is 3. The number of hydrogen-bond donors (Lipinski definition) is 0. The quantitative estimate of drug-likeness (QED) is 0.823. The Kier molecular flexibility index (Phi) is 3.22. The number of piperidine rings is 1. The first kappa shape index (κ1) is 12.8. The lowest BCUT2D eigenvalue weighted by atomic mass is 9.94. The Labute approximate surface area is 116 Å². The van der Waals surface area contributed by atoms with Crippen molar-refractivity contribution in [2.24, 2.45) is 5.92 Å². The number of hydrogen-bond acceptors (Lipinski definition) is 4. The minimum atomic E-state index is -0.0704. The average Bonchev–Trinajstić information content (AvgIpc) is 2.91. The predicted molar refractivity (Wildman–Crippen MR) is 72.3 cm³/mol. The number of likely N-dealkylation sites (tertiary alicyclic amines) is 1. The molecule has 0 aromatic carbocycles. The Balaban J connectivity index is 1.87. The van der Waals surface area contributed by atoms with Gasteiger partial charge in [0.05, 0.1) is 23.5 Å². The van der Waals surface area contributed by atoms with Gasteiger partial charge in [-0.3, -0.25) is 14.6 Å². The summed E-state index contributed by atoms with van der Waals surface area (Å²) in [5.41, 5.74) is 1.24. The summed E-state index contributed by atoms with van der Waals surface area (Å²) >= 11 is 0. The summed E-state index contributed by atoms with van der Waals surface area (Å²) in [6, 6.07) is 0. The van der Waals surface area contributed by atoms with Gasteiger partial charge in [-0.15, -0.1) is 0 Å². The molecule has 0 N–H and O–H groups in total. The summed E-state index contributed by atoms with van der Waals surface area (Å²) in [5, 5.41) is 4.15. The maximum atomic E-state index is 12.6. The van der Waals surface area contributed by atoms with Crippen LogP contribution < -0.4 is 0 Å². The first-order valence-electron chi connectivity index (χ1n) is 6.80. The normalized spacial score (nSPS) is 19.6. The number of carbonyl (C=O) groups excluding carboxylic acids is 2. The first-order chi connectivity index (χ1) is 9.70. The van der Waals surface area contributed by atoms with Crippen LogP contribution in [0.3, 0.4) is 0 Å². The van der Waals surface area contributed by atoms with Crippen molar-refractivity contribution in [3.63, 3.8) is 0 Å². The summed E-state index contributed by atoms with van der Waals surface area (Å²) in [6.07, 6.45) is 7.76. The van der Waals surface area contributed by atoms with Crippen LogP contribution in [-0.4, -0.2) is 44.3 Å². The molecule has 0 bridgehead atoms. The summed E-state index contributed by atoms with van der Waals surface area (Å²) in [5.74, 6) is 0.157. The Morgan fingerprint density at radius 2 is 2.30 bits per heavy atom. The minimum Gasteiger partial charge on any atom is -0.337 e. The monoisotopic (exact) mass is 272 g/mol. The van der Waals surface area contributed by atoms with Crippen LogP contribution in [0.1, 0.15) is 30.1 Å². The fourth-order valence-corrected chi connectivity index (χ4v) is 2.62. The molecule has 104 valence electrons. The van der Waals surface area contributed by atoms with Crippen LogP contribution >= 0.6 is 0 Å². The van der Waals surface area contributed by atoms with E-state index in [1.54, 1.807) is 34.2 Å². The number of carbonyl (C=O) groups is 2. The van der Waals surface area contributed by atoms with Gasteiger partial charge in [0, 0.05) is 37.8 Å². The molecular weight excluding hydrogens is 256 g/mol. The number of nitrogens with zero attached hydrogens (tertiary/aromatic N) is 4. The smallest absolute Gasteiger partial charge is 0.257 e. The topological polar surface area (TPSA) is 67.6 Å². The lowest BCUT2D eigenvalue weighted by Crippen LogP contribution is -2.43. The SMILES string of the molecule is CCC1CN(C(=O)c2cnn3ccncc23)CCC1=O. The van der Waals surface area contributed by atoms with Crippen LogP contribution in [0.25, 0.3) is 5.52 Å². The van der Waals surface area contributed by atoms with Gasteiger partial charge in [0.25, 0.3) is 5.91 Å². The van der Waals surface area contributed by atoms with Crippen LogP contribution in [0.15, 0.2) is 24.8 Å². The van der Waals surface area contributed by atoms with E-state index in [1.165, 1.54) is 0 Å². The van der Waals surface area contributed by atoms with Crippen molar-refractivity contribution in [1.29, 1.82) is 0 Å².